The van der Waals surface area contributed by atoms with Crippen LogP contribution in [-0.4, -0.2) is 19.3 Å². The normalized spacial score (nSPS) is 15.3. The van der Waals surface area contributed by atoms with E-state index in [-0.39, 0.29) is 0 Å². The molecule has 1 unspecified atom stereocenters. The van der Waals surface area contributed by atoms with Gasteiger partial charge in [-0.15, -0.1) is 0 Å². The van der Waals surface area contributed by atoms with Crippen LogP contribution < -0.4 is 0 Å². The topological polar surface area (TPSA) is 2.70 Å². The molecule has 0 aromatic rings. The molecule has 0 saturated heterocycles. The molecular formula is C9H21O+. The van der Waals surface area contributed by atoms with Gasteiger partial charge in [0.05, 0.1) is 0 Å². The van der Waals surface area contributed by atoms with Crippen LogP contribution in [0.2, 0.25) is 0 Å². The molecule has 0 aromatic carbocycles. The Bertz CT molecular complexity index is 74.7. The third kappa shape index (κ3) is 2.70. The first-order chi connectivity index (χ1) is 4.46. The van der Waals surface area contributed by atoms with E-state index in [1.807, 2.05) is 0 Å². The Hall–Kier alpha value is -0.0400. The third-order valence-electron chi connectivity index (χ3n) is 2.27. The number of hydrogen-bond donors (Lipinski definition) is 0. The van der Waals surface area contributed by atoms with Gasteiger partial charge in [-0.2, -0.15) is 0 Å². The van der Waals surface area contributed by atoms with Crippen molar-refractivity contribution in [1.29, 1.82) is 0 Å². The SMILES string of the molecule is CC(C)C(C)[O+](C)C(C)C. The summed E-state index contributed by atoms with van der Waals surface area (Å²) in [7, 11) is 2.11. The van der Waals surface area contributed by atoms with E-state index in [0.29, 0.717) is 12.2 Å². The molecule has 0 spiro atoms. The molecule has 0 amide bonds. The highest BCUT2D eigenvalue weighted by Gasteiger charge is 2.20. The standard InChI is InChI=1S/C9H21O/c1-7(2)9(5)10(6)8(3)4/h7-9H,1-6H3/q+1. The average molecular weight is 145 g/mol. The number of hydrogen-bond acceptors (Lipinski definition) is 0. The minimum atomic E-state index is 0.581. The van der Waals surface area contributed by atoms with Crippen molar-refractivity contribution in [2.45, 2.75) is 46.8 Å². The molecule has 0 saturated carbocycles. The van der Waals surface area contributed by atoms with Gasteiger partial charge in [0.1, 0.15) is 13.2 Å². The lowest BCUT2D eigenvalue weighted by Crippen LogP contribution is -2.30. The van der Waals surface area contributed by atoms with E-state index in [4.69, 9.17) is 0 Å². The molecule has 0 N–H and O–H groups in total. The quantitative estimate of drug-likeness (QED) is 0.537. The Morgan fingerprint density at radius 1 is 0.900 bits per heavy atom. The van der Waals surface area contributed by atoms with Crippen LogP contribution >= 0.6 is 0 Å². The molecule has 1 nitrogen and oxygen atoms in total. The second-order valence-electron chi connectivity index (χ2n) is 3.61. The Morgan fingerprint density at radius 3 is 1.40 bits per heavy atom. The minimum absolute atomic E-state index is 0.581. The summed E-state index contributed by atoms with van der Waals surface area (Å²) in [5, 5.41) is 0. The lowest BCUT2D eigenvalue weighted by molar-refractivity contribution is -0.200. The van der Waals surface area contributed by atoms with E-state index in [1.165, 1.54) is 0 Å². The first kappa shape index (κ1) is 9.96. The fourth-order valence-electron chi connectivity index (χ4n) is 0.859. The van der Waals surface area contributed by atoms with Gasteiger partial charge in [0.25, 0.3) is 0 Å². The zero-order chi connectivity index (χ0) is 8.31. The van der Waals surface area contributed by atoms with Gasteiger partial charge in [0, 0.05) is 26.7 Å². The van der Waals surface area contributed by atoms with Gasteiger partial charge in [-0.1, -0.05) is 13.8 Å². The summed E-state index contributed by atoms with van der Waals surface area (Å²) in [6.45, 7) is 11.1. The Morgan fingerprint density at radius 2 is 1.30 bits per heavy atom. The first-order valence-electron chi connectivity index (χ1n) is 4.10. The molecule has 1 atom stereocenters. The molecule has 0 aliphatic rings. The third-order valence-corrected chi connectivity index (χ3v) is 2.27. The minimum Gasteiger partial charge on any atom is -0.420 e. The largest absolute Gasteiger partial charge is 0.420 e. The van der Waals surface area contributed by atoms with Gasteiger partial charge < -0.3 is 4.37 Å². The van der Waals surface area contributed by atoms with Crippen LogP contribution in [0.5, 0.6) is 0 Å². The smallest absolute Gasteiger partial charge is 0.155 e. The molecule has 0 rings (SSSR count). The molecule has 0 heterocycles. The Kier molecular flexibility index (Phi) is 3.95. The molecule has 62 valence electrons. The lowest BCUT2D eigenvalue weighted by atomic mass is 10.1. The van der Waals surface area contributed by atoms with Crippen LogP contribution in [0, 0.1) is 5.92 Å². The van der Waals surface area contributed by atoms with E-state index < -0.39 is 0 Å². The van der Waals surface area contributed by atoms with E-state index in [9.17, 15) is 0 Å². The monoisotopic (exact) mass is 145 g/mol. The van der Waals surface area contributed by atoms with Gasteiger partial charge in [-0.25, -0.2) is 0 Å². The van der Waals surface area contributed by atoms with Gasteiger partial charge >= 0.3 is 0 Å². The maximum Gasteiger partial charge on any atom is 0.155 e. The highest BCUT2D eigenvalue weighted by atomic mass is 16.7. The highest BCUT2D eigenvalue weighted by Crippen LogP contribution is 2.15. The van der Waals surface area contributed by atoms with Crippen LogP contribution in [0.25, 0.3) is 0 Å². The van der Waals surface area contributed by atoms with Gasteiger partial charge in [-0.3, -0.25) is 0 Å². The maximum absolute atomic E-state index is 3.18. The zero-order valence-electron chi connectivity index (χ0n) is 8.14. The molecule has 0 fully saturated rings. The number of rotatable bonds is 3. The van der Waals surface area contributed by atoms with Crippen molar-refractivity contribution >= 4 is 0 Å². The summed E-state index contributed by atoms with van der Waals surface area (Å²) in [4.78, 5) is 0. The molecule has 1 heteroatoms. The highest BCUT2D eigenvalue weighted by molar-refractivity contribution is 4.59. The molecule has 10 heavy (non-hydrogen) atoms. The fourth-order valence-corrected chi connectivity index (χ4v) is 0.859. The molecule has 0 bridgehead atoms. The van der Waals surface area contributed by atoms with E-state index >= 15 is 0 Å². The summed E-state index contributed by atoms with van der Waals surface area (Å²) in [5.74, 6) is 0.720. The summed E-state index contributed by atoms with van der Waals surface area (Å²) in [5.41, 5.74) is 0. The van der Waals surface area contributed by atoms with Crippen LogP contribution in [0.15, 0.2) is 0 Å². The Balaban J connectivity index is 3.81. The van der Waals surface area contributed by atoms with Crippen molar-refractivity contribution in [3.05, 3.63) is 0 Å². The summed E-state index contributed by atoms with van der Waals surface area (Å²) < 4.78 is 3.18. The van der Waals surface area contributed by atoms with Gasteiger partial charge in [0.15, 0.2) is 6.10 Å². The van der Waals surface area contributed by atoms with Gasteiger partial charge in [-0.05, 0) is 0 Å². The second kappa shape index (κ2) is 3.97. The molecule has 0 radical (unpaired) electrons. The van der Waals surface area contributed by atoms with E-state index in [0.717, 1.165) is 5.92 Å². The molecule has 0 aromatic heterocycles. The fraction of sp³-hybridized carbons (Fsp3) is 1.00. The molecule has 0 aliphatic heterocycles. The van der Waals surface area contributed by atoms with Crippen LogP contribution in [-0.2, 0) is 4.37 Å². The van der Waals surface area contributed by atoms with Crippen molar-refractivity contribution in [3.8, 4) is 0 Å². The molecule has 0 aliphatic carbocycles. The lowest BCUT2D eigenvalue weighted by Gasteiger charge is -2.27. The van der Waals surface area contributed by atoms with Gasteiger partial charge in [0.2, 0.25) is 0 Å². The first-order valence-corrected chi connectivity index (χ1v) is 4.10. The van der Waals surface area contributed by atoms with Crippen LogP contribution in [0.3, 0.4) is 0 Å². The molecular weight excluding hydrogens is 124 g/mol. The summed E-state index contributed by atoms with van der Waals surface area (Å²) in [6, 6.07) is 0. The van der Waals surface area contributed by atoms with Crippen LogP contribution in [0.1, 0.15) is 34.6 Å². The van der Waals surface area contributed by atoms with Crippen molar-refractivity contribution < 1.29 is 4.37 Å². The predicted molar refractivity (Wildman–Crippen MR) is 46.4 cm³/mol. The maximum atomic E-state index is 3.18. The van der Waals surface area contributed by atoms with Crippen molar-refractivity contribution in [2.75, 3.05) is 7.11 Å². The summed E-state index contributed by atoms with van der Waals surface area (Å²) >= 11 is 0. The predicted octanol–water partition coefficient (Wildman–Crippen LogP) is 2.62. The van der Waals surface area contributed by atoms with Crippen molar-refractivity contribution in [2.24, 2.45) is 5.92 Å². The van der Waals surface area contributed by atoms with Crippen molar-refractivity contribution in [1.82, 2.24) is 0 Å². The van der Waals surface area contributed by atoms with Crippen LogP contribution in [0.4, 0.5) is 0 Å². The summed E-state index contributed by atoms with van der Waals surface area (Å²) in [6.07, 6.45) is 1.19. The Labute approximate surface area is 65.1 Å². The average Bonchev–Trinajstić information content (AvgIpc) is 1.84. The van der Waals surface area contributed by atoms with E-state index in [2.05, 4.69) is 46.1 Å². The van der Waals surface area contributed by atoms with Crippen molar-refractivity contribution in [3.63, 3.8) is 0 Å². The van der Waals surface area contributed by atoms with E-state index in [1.54, 1.807) is 0 Å². The second-order valence-corrected chi connectivity index (χ2v) is 3.61. The zero-order valence-corrected chi connectivity index (χ0v) is 8.14.